The van der Waals surface area contributed by atoms with E-state index in [1.807, 2.05) is 0 Å². The number of primary amides is 1. The summed E-state index contributed by atoms with van der Waals surface area (Å²) in [6, 6.07) is 4.43. The van der Waals surface area contributed by atoms with Gasteiger partial charge in [-0.1, -0.05) is 29.6 Å². The van der Waals surface area contributed by atoms with Gasteiger partial charge in [0.05, 0.1) is 18.4 Å². The van der Waals surface area contributed by atoms with Crippen molar-refractivity contribution in [2.24, 2.45) is 11.7 Å². The highest BCUT2D eigenvalue weighted by Gasteiger charge is 2.32. The van der Waals surface area contributed by atoms with Gasteiger partial charge in [-0.2, -0.15) is 0 Å². The molecule has 0 aliphatic heterocycles. The smallest absolute Gasteiger partial charge is 0.223 e. The lowest BCUT2D eigenvalue weighted by molar-refractivity contribution is -0.125. The van der Waals surface area contributed by atoms with Crippen LogP contribution in [0.2, 0.25) is 10.0 Å². The van der Waals surface area contributed by atoms with Gasteiger partial charge in [-0.05, 0) is 36.6 Å². The first-order chi connectivity index (χ1) is 10.4. The maximum Gasteiger partial charge on any atom is 0.223 e. The Kier molecular flexibility index (Phi) is 5.67. The van der Waals surface area contributed by atoms with Gasteiger partial charge in [0.25, 0.3) is 0 Å². The van der Waals surface area contributed by atoms with Crippen molar-refractivity contribution in [2.45, 2.75) is 37.8 Å². The highest BCUT2D eigenvalue weighted by Crippen LogP contribution is 2.27. The van der Waals surface area contributed by atoms with Gasteiger partial charge in [-0.3, -0.25) is 9.59 Å². The molecule has 120 valence electrons. The van der Waals surface area contributed by atoms with E-state index < -0.39 is 12.0 Å². The molecular formula is C15H18Cl2N2O3. The lowest BCUT2D eigenvalue weighted by Crippen LogP contribution is -2.42. The fourth-order valence-corrected chi connectivity index (χ4v) is 3.34. The first kappa shape index (κ1) is 17.1. The number of nitrogens with two attached hydrogens (primary N) is 1. The third-order valence-electron chi connectivity index (χ3n) is 3.88. The van der Waals surface area contributed by atoms with Crippen LogP contribution in [0.3, 0.4) is 0 Å². The van der Waals surface area contributed by atoms with E-state index in [0.29, 0.717) is 22.0 Å². The molecule has 5 nitrogen and oxygen atoms in total. The van der Waals surface area contributed by atoms with E-state index in [4.69, 9.17) is 28.9 Å². The van der Waals surface area contributed by atoms with Gasteiger partial charge >= 0.3 is 0 Å². The van der Waals surface area contributed by atoms with Crippen molar-refractivity contribution < 1.29 is 14.7 Å². The van der Waals surface area contributed by atoms with Gasteiger partial charge in [0.2, 0.25) is 11.8 Å². The number of hydrogen-bond acceptors (Lipinski definition) is 3. The number of halogens is 2. The zero-order chi connectivity index (χ0) is 16.3. The molecule has 1 aromatic rings. The van der Waals surface area contributed by atoms with E-state index in [1.165, 1.54) is 0 Å². The highest BCUT2D eigenvalue weighted by atomic mass is 35.5. The summed E-state index contributed by atoms with van der Waals surface area (Å²) in [7, 11) is 0. The third-order valence-corrected chi connectivity index (χ3v) is 4.31. The molecule has 3 atom stereocenters. The van der Waals surface area contributed by atoms with E-state index in [-0.39, 0.29) is 24.3 Å². The molecule has 1 fully saturated rings. The zero-order valence-corrected chi connectivity index (χ0v) is 13.4. The lowest BCUT2D eigenvalue weighted by atomic mass is 10.0. The van der Waals surface area contributed by atoms with Crippen molar-refractivity contribution in [3.8, 4) is 0 Å². The molecule has 3 unspecified atom stereocenters. The number of rotatable bonds is 5. The molecule has 4 N–H and O–H groups in total. The Labute approximate surface area is 138 Å². The molecule has 22 heavy (non-hydrogen) atoms. The average Bonchev–Trinajstić information content (AvgIpc) is 2.85. The molecule has 7 heteroatoms. The fraction of sp³-hybridized carbons (Fsp3) is 0.467. The van der Waals surface area contributed by atoms with E-state index in [9.17, 15) is 14.7 Å². The molecular weight excluding hydrogens is 327 g/mol. The average molecular weight is 345 g/mol. The Morgan fingerprint density at radius 1 is 1.27 bits per heavy atom. The summed E-state index contributed by atoms with van der Waals surface area (Å²) in [6.45, 7) is 0. The largest absolute Gasteiger partial charge is 0.388 e. The second-order valence-corrected chi connectivity index (χ2v) is 6.41. The SMILES string of the molecule is NC(=O)C1CCCC1NC(=O)CC(O)c1cc(Cl)cc(Cl)c1. The van der Waals surface area contributed by atoms with Crippen molar-refractivity contribution in [1.82, 2.24) is 5.32 Å². The summed E-state index contributed by atoms with van der Waals surface area (Å²) in [6.07, 6.45) is 1.12. The first-order valence-electron chi connectivity index (χ1n) is 7.09. The standard InChI is InChI=1S/C15H18Cl2N2O3/c16-9-4-8(5-10(17)6-9)13(20)7-14(21)19-12-3-1-2-11(12)15(18)22/h4-6,11-13,20H,1-3,7H2,(H2,18,22)(H,19,21). The minimum atomic E-state index is -1.01. The second-order valence-electron chi connectivity index (χ2n) is 5.54. The Hall–Kier alpha value is -1.30. The number of carbonyl (C=O) groups is 2. The zero-order valence-electron chi connectivity index (χ0n) is 11.9. The fourth-order valence-electron chi connectivity index (χ4n) is 2.80. The van der Waals surface area contributed by atoms with Crippen LogP contribution in [0.15, 0.2) is 18.2 Å². The number of benzene rings is 1. The van der Waals surface area contributed by atoms with Gasteiger partial charge in [-0.15, -0.1) is 0 Å². The van der Waals surface area contributed by atoms with Crippen LogP contribution in [0.4, 0.5) is 0 Å². The number of aliphatic hydroxyl groups is 1. The normalized spacial score (nSPS) is 22.3. The van der Waals surface area contributed by atoms with E-state index in [0.717, 1.165) is 12.8 Å². The molecule has 1 aliphatic carbocycles. The van der Waals surface area contributed by atoms with E-state index in [2.05, 4.69) is 5.32 Å². The summed E-state index contributed by atoms with van der Waals surface area (Å²) in [4.78, 5) is 23.3. The van der Waals surface area contributed by atoms with Crippen LogP contribution in [0, 0.1) is 5.92 Å². The number of aliphatic hydroxyl groups excluding tert-OH is 1. The minimum absolute atomic E-state index is 0.126. The number of amides is 2. The number of hydrogen-bond donors (Lipinski definition) is 3. The van der Waals surface area contributed by atoms with Crippen LogP contribution in [0.1, 0.15) is 37.4 Å². The predicted molar refractivity (Wildman–Crippen MR) is 84.5 cm³/mol. The second kappa shape index (κ2) is 7.31. The van der Waals surface area contributed by atoms with Crippen molar-refractivity contribution in [3.63, 3.8) is 0 Å². The summed E-state index contributed by atoms with van der Waals surface area (Å²) in [5.41, 5.74) is 5.80. The number of carbonyl (C=O) groups excluding carboxylic acids is 2. The molecule has 0 bridgehead atoms. The van der Waals surface area contributed by atoms with Crippen LogP contribution < -0.4 is 11.1 Å². The Balaban J connectivity index is 1.95. The van der Waals surface area contributed by atoms with Gasteiger partial charge in [-0.25, -0.2) is 0 Å². The van der Waals surface area contributed by atoms with Crippen molar-refractivity contribution in [1.29, 1.82) is 0 Å². The third kappa shape index (κ3) is 4.35. The van der Waals surface area contributed by atoms with Crippen LogP contribution in [-0.4, -0.2) is 23.0 Å². The van der Waals surface area contributed by atoms with Gasteiger partial charge < -0.3 is 16.2 Å². The summed E-state index contributed by atoms with van der Waals surface area (Å²) < 4.78 is 0. The maximum absolute atomic E-state index is 12.0. The maximum atomic E-state index is 12.0. The molecule has 1 aliphatic rings. The molecule has 0 saturated heterocycles. The molecule has 1 aromatic carbocycles. The summed E-state index contributed by atoms with van der Waals surface area (Å²) in [5, 5.41) is 13.7. The monoisotopic (exact) mass is 344 g/mol. The molecule has 0 aromatic heterocycles. The summed E-state index contributed by atoms with van der Waals surface area (Å²) in [5.74, 6) is -1.06. The van der Waals surface area contributed by atoms with Gasteiger partial charge in [0.1, 0.15) is 0 Å². The van der Waals surface area contributed by atoms with Gasteiger partial charge in [0.15, 0.2) is 0 Å². The number of nitrogens with one attached hydrogen (secondary N) is 1. The quantitative estimate of drug-likeness (QED) is 0.764. The van der Waals surface area contributed by atoms with Crippen molar-refractivity contribution in [2.75, 3.05) is 0 Å². The van der Waals surface area contributed by atoms with Crippen LogP contribution in [0.25, 0.3) is 0 Å². The molecule has 0 spiro atoms. The Morgan fingerprint density at radius 2 is 1.91 bits per heavy atom. The van der Waals surface area contributed by atoms with Crippen LogP contribution >= 0.6 is 23.2 Å². The van der Waals surface area contributed by atoms with E-state index in [1.54, 1.807) is 18.2 Å². The van der Waals surface area contributed by atoms with Crippen molar-refractivity contribution >= 4 is 35.0 Å². The molecule has 2 amide bonds. The van der Waals surface area contributed by atoms with E-state index >= 15 is 0 Å². The van der Waals surface area contributed by atoms with Crippen LogP contribution in [0.5, 0.6) is 0 Å². The molecule has 0 radical (unpaired) electrons. The first-order valence-corrected chi connectivity index (χ1v) is 7.85. The Morgan fingerprint density at radius 3 is 2.50 bits per heavy atom. The van der Waals surface area contributed by atoms with Crippen molar-refractivity contribution in [3.05, 3.63) is 33.8 Å². The van der Waals surface area contributed by atoms with Crippen LogP contribution in [-0.2, 0) is 9.59 Å². The molecule has 0 heterocycles. The molecule has 2 rings (SSSR count). The molecule has 1 saturated carbocycles. The van der Waals surface area contributed by atoms with Gasteiger partial charge in [0, 0.05) is 16.1 Å². The minimum Gasteiger partial charge on any atom is -0.388 e. The topological polar surface area (TPSA) is 92.4 Å². The highest BCUT2D eigenvalue weighted by molar-refractivity contribution is 6.34. The Bertz CT molecular complexity index is 560. The summed E-state index contributed by atoms with van der Waals surface area (Å²) >= 11 is 11.7. The predicted octanol–water partition coefficient (Wildman–Crippen LogP) is 2.19. The lowest BCUT2D eigenvalue weighted by Gasteiger charge is -2.19.